The molecule has 1 aliphatic rings. The number of hydrogen-bond donors (Lipinski definition) is 1. The maximum atomic E-state index is 11.3. The summed E-state index contributed by atoms with van der Waals surface area (Å²) in [6, 6.07) is 0. The molecule has 69 valence electrons. The van der Waals surface area contributed by atoms with Crippen molar-refractivity contribution < 1.29 is 14.7 Å². The number of Topliss-reactive ketones (excluding diaryl/α,β-unsaturated/α-hetero) is 1. The maximum absolute atomic E-state index is 11.3. The highest BCUT2D eigenvalue weighted by molar-refractivity contribution is 5.98. The molecule has 3 nitrogen and oxygen atoms in total. The van der Waals surface area contributed by atoms with Crippen molar-refractivity contribution in [2.24, 2.45) is 0 Å². The van der Waals surface area contributed by atoms with Crippen molar-refractivity contribution >= 4 is 11.8 Å². The SMILES string of the molecule is O=C(O)CCCC(=O)C1=CC=C[CH]1. The van der Waals surface area contributed by atoms with Gasteiger partial charge in [-0.3, -0.25) is 9.59 Å². The topological polar surface area (TPSA) is 54.4 Å². The number of ketones is 1. The lowest BCUT2D eigenvalue weighted by molar-refractivity contribution is -0.137. The first kappa shape index (κ1) is 9.71. The Hall–Kier alpha value is -1.38. The minimum Gasteiger partial charge on any atom is -0.481 e. The van der Waals surface area contributed by atoms with Crippen LogP contribution in [0.3, 0.4) is 0 Å². The summed E-state index contributed by atoms with van der Waals surface area (Å²) >= 11 is 0. The molecule has 0 bridgehead atoms. The number of carboxylic acids is 1. The van der Waals surface area contributed by atoms with Gasteiger partial charge in [0.1, 0.15) is 0 Å². The Kier molecular flexibility index (Phi) is 3.43. The van der Waals surface area contributed by atoms with Crippen molar-refractivity contribution in [3.8, 4) is 0 Å². The van der Waals surface area contributed by atoms with E-state index in [1.54, 1.807) is 24.6 Å². The molecule has 0 amide bonds. The summed E-state index contributed by atoms with van der Waals surface area (Å²) in [6.07, 6.45) is 7.86. The van der Waals surface area contributed by atoms with Crippen LogP contribution < -0.4 is 0 Å². The summed E-state index contributed by atoms with van der Waals surface area (Å²) in [5.74, 6) is -0.832. The third-order valence-corrected chi connectivity index (χ3v) is 1.78. The molecule has 0 spiro atoms. The Bertz CT molecular complexity index is 274. The number of carboxylic acid groups (broad SMARTS) is 1. The molecule has 0 atom stereocenters. The Morgan fingerprint density at radius 3 is 2.54 bits per heavy atom. The second-order valence-electron chi connectivity index (χ2n) is 2.84. The predicted molar refractivity (Wildman–Crippen MR) is 48.0 cm³/mol. The number of carbonyl (C=O) groups is 2. The van der Waals surface area contributed by atoms with Crippen LogP contribution >= 0.6 is 0 Å². The normalized spacial score (nSPS) is 14.3. The van der Waals surface area contributed by atoms with Gasteiger partial charge in [0, 0.05) is 24.8 Å². The smallest absolute Gasteiger partial charge is 0.303 e. The van der Waals surface area contributed by atoms with Crippen LogP contribution in [0.1, 0.15) is 19.3 Å². The fourth-order valence-corrected chi connectivity index (χ4v) is 1.10. The van der Waals surface area contributed by atoms with Gasteiger partial charge in [0.25, 0.3) is 0 Å². The van der Waals surface area contributed by atoms with E-state index in [4.69, 9.17) is 5.11 Å². The number of rotatable bonds is 5. The van der Waals surface area contributed by atoms with Gasteiger partial charge in [0.2, 0.25) is 0 Å². The molecule has 0 saturated carbocycles. The van der Waals surface area contributed by atoms with Crippen molar-refractivity contribution in [1.82, 2.24) is 0 Å². The van der Waals surface area contributed by atoms with E-state index < -0.39 is 5.97 Å². The van der Waals surface area contributed by atoms with Crippen LogP contribution in [0.15, 0.2) is 23.8 Å². The number of carbonyl (C=O) groups excluding carboxylic acids is 1. The van der Waals surface area contributed by atoms with Crippen molar-refractivity contribution in [1.29, 1.82) is 0 Å². The van der Waals surface area contributed by atoms with Crippen molar-refractivity contribution in [3.05, 3.63) is 30.2 Å². The van der Waals surface area contributed by atoms with Gasteiger partial charge in [-0.15, -0.1) is 0 Å². The molecule has 1 aliphatic carbocycles. The molecule has 1 radical (unpaired) electrons. The second kappa shape index (κ2) is 4.60. The lowest BCUT2D eigenvalue weighted by Crippen LogP contribution is -2.03. The van der Waals surface area contributed by atoms with Crippen LogP contribution in [0.2, 0.25) is 0 Å². The van der Waals surface area contributed by atoms with E-state index in [-0.39, 0.29) is 12.2 Å². The highest BCUT2D eigenvalue weighted by atomic mass is 16.4. The van der Waals surface area contributed by atoms with E-state index in [1.807, 2.05) is 0 Å². The zero-order valence-electron chi connectivity index (χ0n) is 7.19. The molecule has 1 N–H and O–H groups in total. The van der Waals surface area contributed by atoms with E-state index >= 15 is 0 Å². The Balaban J connectivity index is 2.22. The van der Waals surface area contributed by atoms with E-state index in [9.17, 15) is 9.59 Å². The Morgan fingerprint density at radius 1 is 1.23 bits per heavy atom. The molecule has 0 aromatic carbocycles. The average molecular weight is 179 g/mol. The lowest BCUT2D eigenvalue weighted by atomic mass is 10.1. The van der Waals surface area contributed by atoms with Gasteiger partial charge >= 0.3 is 5.97 Å². The first-order valence-corrected chi connectivity index (χ1v) is 4.17. The monoisotopic (exact) mass is 179 g/mol. The highest BCUT2D eigenvalue weighted by Crippen LogP contribution is 2.13. The van der Waals surface area contributed by atoms with Crippen LogP contribution in [0.5, 0.6) is 0 Å². The molecule has 0 aromatic rings. The van der Waals surface area contributed by atoms with Crippen LogP contribution in [0.4, 0.5) is 0 Å². The van der Waals surface area contributed by atoms with E-state index in [1.165, 1.54) is 0 Å². The fraction of sp³-hybridized carbons (Fsp3) is 0.300. The zero-order chi connectivity index (χ0) is 9.68. The summed E-state index contributed by atoms with van der Waals surface area (Å²) in [6.45, 7) is 0. The third-order valence-electron chi connectivity index (χ3n) is 1.78. The summed E-state index contributed by atoms with van der Waals surface area (Å²) < 4.78 is 0. The maximum Gasteiger partial charge on any atom is 0.303 e. The summed E-state index contributed by atoms with van der Waals surface area (Å²) in [7, 11) is 0. The van der Waals surface area contributed by atoms with Gasteiger partial charge < -0.3 is 5.11 Å². The van der Waals surface area contributed by atoms with Crippen molar-refractivity contribution in [2.75, 3.05) is 0 Å². The Morgan fingerprint density at radius 2 is 2.00 bits per heavy atom. The van der Waals surface area contributed by atoms with E-state index in [0.29, 0.717) is 18.4 Å². The minimum absolute atomic E-state index is 0.0197. The molecule has 0 saturated heterocycles. The molecule has 0 aromatic heterocycles. The summed E-state index contributed by atoms with van der Waals surface area (Å²) in [4.78, 5) is 21.5. The highest BCUT2D eigenvalue weighted by Gasteiger charge is 2.10. The lowest BCUT2D eigenvalue weighted by Gasteiger charge is -1.98. The van der Waals surface area contributed by atoms with Crippen molar-refractivity contribution in [2.45, 2.75) is 19.3 Å². The first-order valence-electron chi connectivity index (χ1n) is 4.17. The largest absolute Gasteiger partial charge is 0.481 e. The van der Waals surface area contributed by atoms with Gasteiger partial charge in [-0.05, 0) is 6.42 Å². The van der Waals surface area contributed by atoms with Crippen LogP contribution in [-0.2, 0) is 9.59 Å². The predicted octanol–water partition coefficient (Wildman–Crippen LogP) is 1.51. The molecule has 3 heteroatoms. The molecular formula is C10H11O3. The molecule has 0 fully saturated rings. The molecule has 0 aliphatic heterocycles. The minimum atomic E-state index is -0.852. The van der Waals surface area contributed by atoms with Gasteiger partial charge in [-0.1, -0.05) is 18.2 Å². The van der Waals surface area contributed by atoms with Crippen LogP contribution in [0, 0.1) is 6.42 Å². The van der Waals surface area contributed by atoms with Gasteiger partial charge in [0.05, 0.1) is 0 Å². The number of allylic oxidation sites excluding steroid dienone is 4. The Labute approximate surface area is 76.8 Å². The third kappa shape index (κ3) is 3.23. The van der Waals surface area contributed by atoms with Gasteiger partial charge in [0.15, 0.2) is 5.78 Å². The average Bonchev–Trinajstić information content (AvgIpc) is 2.55. The summed E-state index contributed by atoms with van der Waals surface area (Å²) in [5.41, 5.74) is 0.672. The first-order chi connectivity index (χ1) is 6.20. The molecule has 13 heavy (non-hydrogen) atoms. The van der Waals surface area contributed by atoms with Gasteiger partial charge in [-0.25, -0.2) is 0 Å². The summed E-state index contributed by atoms with van der Waals surface area (Å²) in [5, 5.41) is 8.35. The quantitative estimate of drug-likeness (QED) is 0.696. The molecular weight excluding hydrogens is 168 g/mol. The number of aliphatic carboxylic acids is 1. The van der Waals surface area contributed by atoms with E-state index in [0.717, 1.165) is 0 Å². The molecule has 0 unspecified atom stereocenters. The number of hydrogen-bond acceptors (Lipinski definition) is 2. The van der Waals surface area contributed by atoms with Crippen LogP contribution in [-0.4, -0.2) is 16.9 Å². The molecule has 0 heterocycles. The zero-order valence-corrected chi connectivity index (χ0v) is 7.19. The van der Waals surface area contributed by atoms with Gasteiger partial charge in [-0.2, -0.15) is 0 Å². The molecule has 1 rings (SSSR count). The van der Waals surface area contributed by atoms with Crippen molar-refractivity contribution in [3.63, 3.8) is 0 Å². The van der Waals surface area contributed by atoms with E-state index in [2.05, 4.69) is 0 Å². The fourth-order valence-electron chi connectivity index (χ4n) is 1.10. The standard InChI is InChI=1S/C10H11O3/c11-9(6-3-7-10(12)13)8-4-1-2-5-8/h1-2,4-5H,3,6-7H2,(H,12,13). The van der Waals surface area contributed by atoms with Crippen LogP contribution in [0.25, 0.3) is 0 Å². The second-order valence-corrected chi connectivity index (χ2v) is 2.84.